The van der Waals surface area contributed by atoms with Gasteiger partial charge >= 0.3 is 0 Å². The third-order valence-corrected chi connectivity index (χ3v) is 9.80. The first-order chi connectivity index (χ1) is 14.1. The zero-order valence-corrected chi connectivity index (χ0v) is 18.4. The summed E-state index contributed by atoms with van der Waals surface area (Å²) in [6.07, 6.45) is 11.4. The fourth-order valence-corrected chi connectivity index (χ4v) is 8.50. The fraction of sp³-hybridized carbons (Fsp3) is 0.870. The Balaban J connectivity index is 1.39. The van der Waals surface area contributed by atoms with Crippen LogP contribution in [0.2, 0.25) is 0 Å². The van der Waals surface area contributed by atoms with Gasteiger partial charge < -0.3 is 16.6 Å². The number of nitrogens with zero attached hydrogens (tertiary/aromatic N) is 3. The molecule has 5 N–H and O–H groups in total. The van der Waals surface area contributed by atoms with Crippen LogP contribution in [0.1, 0.15) is 71.6 Å². The first-order valence-corrected chi connectivity index (χ1v) is 11.7. The lowest BCUT2D eigenvalue weighted by Gasteiger charge is -2.65. The molecule has 0 aromatic carbocycles. The second-order valence-corrected chi connectivity index (χ2v) is 11.6. The molecule has 5 rings (SSSR count). The van der Waals surface area contributed by atoms with Crippen LogP contribution in [0.15, 0.2) is 12.7 Å². The van der Waals surface area contributed by atoms with Crippen molar-refractivity contribution in [2.75, 3.05) is 0 Å². The second kappa shape index (κ2) is 6.59. The average molecular weight is 416 g/mol. The summed E-state index contributed by atoms with van der Waals surface area (Å²) in [5.41, 5.74) is 12.9. The summed E-state index contributed by atoms with van der Waals surface area (Å²) in [7, 11) is 0. The number of carbonyl (C=O) groups is 1. The van der Waals surface area contributed by atoms with E-state index in [0.29, 0.717) is 24.8 Å². The summed E-state index contributed by atoms with van der Waals surface area (Å²) in [4.78, 5) is 17.2. The van der Waals surface area contributed by atoms with Crippen LogP contribution in [-0.4, -0.2) is 42.3 Å². The Morgan fingerprint density at radius 2 is 1.90 bits per heavy atom. The minimum absolute atomic E-state index is 0.0138. The molecule has 8 atom stereocenters. The standard InChI is InChI=1S/C23H37N5O2/c1-20(30)7-6-19-22(24,12-20)8-5-16-15-3-4-17(18(29)11-28-14-26-13-27-28)21(15,2)9-10-23(16,19)25/h13-17,19,30H,3-12,24-25H2,1-2H3/t15-,16?,17?,19?,20+,21-,22?,23+/m0/s1. The lowest BCUT2D eigenvalue weighted by atomic mass is 9.44. The number of hydrogen-bond acceptors (Lipinski definition) is 6. The normalized spacial score (nSPS) is 50.4. The Labute approximate surface area is 179 Å². The number of nitrogens with two attached hydrogens (primary N) is 2. The first kappa shape index (κ1) is 20.6. The van der Waals surface area contributed by atoms with Gasteiger partial charge in [0.1, 0.15) is 19.2 Å². The maximum Gasteiger partial charge on any atom is 0.157 e. The van der Waals surface area contributed by atoms with Crippen molar-refractivity contribution in [3.63, 3.8) is 0 Å². The fourth-order valence-electron chi connectivity index (χ4n) is 8.50. The molecule has 166 valence electrons. The summed E-state index contributed by atoms with van der Waals surface area (Å²) >= 11 is 0. The van der Waals surface area contributed by atoms with Crippen molar-refractivity contribution in [1.29, 1.82) is 0 Å². The number of carbonyl (C=O) groups excluding carboxylic acids is 1. The molecular weight excluding hydrogens is 378 g/mol. The maximum absolute atomic E-state index is 13.2. The van der Waals surface area contributed by atoms with Crippen LogP contribution in [0.4, 0.5) is 0 Å². The van der Waals surface area contributed by atoms with Crippen molar-refractivity contribution in [2.24, 2.45) is 40.6 Å². The van der Waals surface area contributed by atoms with E-state index in [-0.39, 0.29) is 34.1 Å². The molecule has 4 aliphatic carbocycles. The van der Waals surface area contributed by atoms with Gasteiger partial charge in [-0.15, -0.1) is 0 Å². The minimum Gasteiger partial charge on any atom is -0.390 e. The van der Waals surface area contributed by atoms with E-state index in [1.807, 2.05) is 6.92 Å². The number of fused-ring (bicyclic) bond motifs is 5. The van der Waals surface area contributed by atoms with Crippen LogP contribution in [-0.2, 0) is 11.3 Å². The summed E-state index contributed by atoms with van der Waals surface area (Å²) in [6.45, 7) is 4.58. The van der Waals surface area contributed by atoms with E-state index in [4.69, 9.17) is 11.5 Å². The van der Waals surface area contributed by atoms with Gasteiger partial charge in [0.2, 0.25) is 0 Å². The molecule has 4 fully saturated rings. The average Bonchev–Trinajstić information content (AvgIpc) is 3.27. The molecule has 4 saturated carbocycles. The number of ketones is 1. The van der Waals surface area contributed by atoms with Gasteiger partial charge in [-0.1, -0.05) is 6.92 Å². The largest absolute Gasteiger partial charge is 0.390 e. The third-order valence-electron chi connectivity index (χ3n) is 9.80. The summed E-state index contributed by atoms with van der Waals surface area (Å²) < 4.78 is 1.65. The van der Waals surface area contributed by atoms with Crippen molar-refractivity contribution in [3.05, 3.63) is 12.7 Å². The molecule has 1 aromatic heterocycles. The molecule has 0 radical (unpaired) electrons. The van der Waals surface area contributed by atoms with Crippen LogP contribution in [0.3, 0.4) is 0 Å². The molecule has 0 spiro atoms. The van der Waals surface area contributed by atoms with Crippen LogP contribution >= 0.6 is 0 Å². The van der Waals surface area contributed by atoms with Gasteiger partial charge in [-0.05, 0) is 87.9 Å². The molecule has 4 aliphatic rings. The minimum atomic E-state index is -0.677. The molecule has 4 unspecified atom stereocenters. The van der Waals surface area contributed by atoms with Crippen LogP contribution in [0.5, 0.6) is 0 Å². The van der Waals surface area contributed by atoms with Gasteiger partial charge in [0.15, 0.2) is 5.78 Å². The van der Waals surface area contributed by atoms with E-state index in [1.165, 1.54) is 6.33 Å². The van der Waals surface area contributed by atoms with Crippen LogP contribution in [0, 0.1) is 29.1 Å². The quantitative estimate of drug-likeness (QED) is 0.695. The van der Waals surface area contributed by atoms with Gasteiger partial charge in [-0.25, -0.2) is 9.67 Å². The van der Waals surface area contributed by atoms with Crippen LogP contribution < -0.4 is 11.5 Å². The molecule has 7 nitrogen and oxygen atoms in total. The highest BCUT2D eigenvalue weighted by Gasteiger charge is 2.65. The predicted molar refractivity (Wildman–Crippen MR) is 113 cm³/mol. The van der Waals surface area contributed by atoms with Gasteiger partial charge in [0.05, 0.1) is 5.60 Å². The van der Waals surface area contributed by atoms with E-state index < -0.39 is 5.60 Å². The lowest BCUT2D eigenvalue weighted by Crippen LogP contribution is -2.73. The zero-order valence-electron chi connectivity index (χ0n) is 18.4. The van der Waals surface area contributed by atoms with Gasteiger partial charge in [0, 0.05) is 17.0 Å². The Morgan fingerprint density at radius 1 is 1.10 bits per heavy atom. The van der Waals surface area contributed by atoms with Gasteiger partial charge in [-0.3, -0.25) is 4.79 Å². The van der Waals surface area contributed by atoms with Crippen LogP contribution in [0.25, 0.3) is 0 Å². The molecule has 0 aliphatic heterocycles. The number of rotatable bonds is 3. The zero-order chi connectivity index (χ0) is 21.4. The van der Waals surface area contributed by atoms with Crippen molar-refractivity contribution in [1.82, 2.24) is 14.8 Å². The molecular formula is C23H37N5O2. The highest BCUT2D eigenvalue weighted by Crippen LogP contribution is 2.65. The summed E-state index contributed by atoms with van der Waals surface area (Å²) in [5.74, 6) is 1.53. The topological polar surface area (TPSA) is 120 Å². The van der Waals surface area contributed by atoms with E-state index in [0.717, 1.165) is 51.4 Å². The summed E-state index contributed by atoms with van der Waals surface area (Å²) in [6, 6.07) is 0. The van der Waals surface area contributed by atoms with E-state index in [9.17, 15) is 9.90 Å². The Morgan fingerprint density at radius 3 is 2.63 bits per heavy atom. The lowest BCUT2D eigenvalue weighted by molar-refractivity contribution is -0.138. The van der Waals surface area contributed by atoms with Crippen molar-refractivity contribution < 1.29 is 9.90 Å². The highest BCUT2D eigenvalue weighted by molar-refractivity contribution is 5.82. The molecule has 30 heavy (non-hydrogen) atoms. The van der Waals surface area contributed by atoms with Gasteiger partial charge in [-0.2, -0.15) is 5.10 Å². The molecule has 1 heterocycles. The highest BCUT2D eigenvalue weighted by atomic mass is 16.3. The van der Waals surface area contributed by atoms with Crippen molar-refractivity contribution >= 4 is 5.78 Å². The number of aromatic nitrogens is 3. The Bertz CT molecular complexity index is 826. The summed E-state index contributed by atoms with van der Waals surface area (Å²) in [5, 5.41) is 14.8. The molecule has 0 bridgehead atoms. The number of Topliss-reactive ketones (excluding diaryl/α,β-unsaturated/α-hetero) is 1. The predicted octanol–water partition coefficient (Wildman–Crippen LogP) is 2.03. The smallest absolute Gasteiger partial charge is 0.157 e. The second-order valence-electron chi connectivity index (χ2n) is 11.6. The van der Waals surface area contributed by atoms with Crippen molar-refractivity contribution in [2.45, 2.75) is 94.9 Å². The monoisotopic (exact) mass is 415 g/mol. The molecule has 0 saturated heterocycles. The maximum atomic E-state index is 13.2. The number of hydrogen-bond donors (Lipinski definition) is 3. The molecule has 0 amide bonds. The SMILES string of the molecule is C[C@@]1(O)CCC2C(N)(CCC3[C@@H]4CCC(C(=O)Cn5cncn5)[C@@]4(C)CC[C@@]32N)C1. The van der Waals surface area contributed by atoms with E-state index >= 15 is 0 Å². The Kier molecular flexibility index (Phi) is 4.53. The first-order valence-electron chi connectivity index (χ1n) is 11.7. The van der Waals surface area contributed by atoms with Crippen molar-refractivity contribution in [3.8, 4) is 0 Å². The number of aliphatic hydroxyl groups is 1. The van der Waals surface area contributed by atoms with E-state index in [2.05, 4.69) is 17.0 Å². The van der Waals surface area contributed by atoms with E-state index in [1.54, 1.807) is 11.0 Å². The van der Waals surface area contributed by atoms with Gasteiger partial charge in [0.25, 0.3) is 0 Å². The molecule has 7 heteroatoms. The Hall–Kier alpha value is -1.31. The third kappa shape index (κ3) is 2.92. The molecule has 1 aromatic rings.